The number of hydrogen-bond acceptors (Lipinski definition) is 3. The Labute approximate surface area is 118 Å². The lowest BCUT2D eigenvalue weighted by molar-refractivity contribution is 0.410. The molecule has 1 heterocycles. The molecular formula is C13H18N3O3S+. The molecule has 6 nitrogen and oxygen atoms in total. The molecular weight excluding hydrogens is 278 g/mol. The number of hydrogen-bond donors (Lipinski definition) is 3. The molecule has 0 spiro atoms. The summed E-state index contributed by atoms with van der Waals surface area (Å²) in [6.07, 6.45) is 1.51. The number of rotatable bonds is 4. The molecule has 0 aliphatic heterocycles. The van der Waals surface area contributed by atoms with Gasteiger partial charge in [0.15, 0.2) is 5.82 Å². The largest absolute Gasteiger partial charge is 0.496 e. The number of benzene rings is 1. The maximum atomic E-state index is 12.6. The number of nitrogens with zero attached hydrogens (tertiary/aromatic N) is 1. The standard InChI is InChI=1S/C13H17N3O3S/c1-8-7-11(19-4)9(2)10(3)13(8)20(17,18)16-12-5-6-14-15-12/h5-7H,1-4H3,(H2-,14,15,16,17,18)/p+1. The minimum absolute atomic E-state index is 0.380. The molecule has 0 bridgehead atoms. The minimum Gasteiger partial charge on any atom is -0.496 e. The first kappa shape index (κ1) is 14.5. The van der Waals surface area contributed by atoms with Gasteiger partial charge in [-0.1, -0.05) is 0 Å². The highest BCUT2D eigenvalue weighted by Gasteiger charge is 2.35. The molecule has 0 saturated carbocycles. The Kier molecular flexibility index (Phi) is 3.82. The summed E-state index contributed by atoms with van der Waals surface area (Å²) in [7, 11) is -1.84. The maximum Gasteiger partial charge on any atom is 0.348 e. The SMILES string of the molecule is COc1cc(C)c([S+](=O)(O)Nc2ccn[nH]2)c(C)c1C. The molecule has 3 N–H and O–H groups in total. The van der Waals surface area contributed by atoms with Gasteiger partial charge in [0.05, 0.1) is 13.3 Å². The fourth-order valence-corrected chi connectivity index (χ4v) is 3.75. The summed E-state index contributed by atoms with van der Waals surface area (Å²) in [5.41, 5.74) is 2.28. The Morgan fingerprint density at radius 1 is 1.35 bits per heavy atom. The average molecular weight is 296 g/mol. The van der Waals surface area contributed by atoms with Crippen LogP contribution in [0.1, 0.15) is 16.7 Å². The van der Waals surface area contributed by atoms with Crippen LogP contribution < -0.4 is 9.46 Å². The zero-order valence-corrected chi connectivity index (χ0v) is 12.7. The van der Waals surface area contributed by atoms with Crippen LogP contribution in [0.2, 0.25) is 0 Å². The first-order valence-electron chi connectivity index (χ1n) is 6.05. The summed E-state index contributed by atoms with van der Waals surface area (Å²) in [6, 6.07) is 3.36. The third-order valence-corrected chi connectivity index (χ3v) is 4.90. The van der Waals surface area contributed by atoms with Crippen LogP contribution in [0.3, 0.4) is 0 Å². The van der Waals surface area contributed by atoms with Crippen molar-refractivity contribution in [3.8, 4) is 5.75 Å². The average Bonchev–Trinajstić information content (AvgIpc) is 2.85. The van der Waals surface area contributed by atoms with E-state index in [4.69, 9.17) is 4.74 Å². The van der Waals surface area contributed by atoms with Crippen molar-refractivity contribution in [1.29, 1.82) is 0 Å². The van der Waals surface area contributed by atoms with E-state index in [1.807, 2.05) is 13.8 Å². The van der Waals surface area contributed by atoms with Crippen molar-refractivity contribution in [3.05, 3.63) is 35.0 Å². The lowest BCUT2D eigenvalue weighted by Gasteiger charge is -2.14. The van der Waals surface area contributed by atoms with Crippen molar-refractivity contribution >= 4 is 16.2 Å². The highest BCUT2D eigenvalue weighted by atomic mass is 32.3. The highest BCUT2D eigenvalue weighted by molar-refractivity contribution is 7.99. The van der Waals surface area contributed by atoms with Gasteiger partial charge in [-0.25, -0.2) is 0 Å². The highest BCUT2D eigenvalue weighted by Crippen LogP contribution is 2.33. The number of nitrogens with one attached hydrogen (secondary N) is 2. The zero-order valence-electron chi connectivity index (χ0n) is 11.9. The number of H-pyrrole nitrogens is 1. The maximum absolute atomic E-state index is 12.6. The molecule has 2 aromatic rings. The Bertz CT molecular complexity index is 668. The van der Waals surface area contributed by atoms with Crippen molar-refractivity contribution in [2.24, 2.45) is 0 Å². The van der Waals surface area contributed by atoms with Gasteiger partial charge in [0.25, 0.3) is 0 Å². The van der Waals surface area contributed by atoms with Gasteiger partial charge in [-0.05, 0) is 36.6 Å². The number of anilines is 1. The molecule has 0 aliphatic rings. The normalized spacial score (nSPS) is 13.8. The van der Waals surface area contributed by atoms with Crippen molar-refractivity contribution in [2.75, 3.05) is 11.8 Å². The Hall–Kier alpha value is -1.86. The molecule has 7 heteroatoms. The number of aryl methyl sites for hydroxylation is 1. The number of methoxy groups -OCH3 is 1. The predicted octanol–water partition coefficient (Wildman–Crippen LogP) is 2.70. The van der Waals surface area contributed by atoms with Crippen LogP contribution in [0.5, 0.6) is 5.75 Å². The van der Waals surface area contributed by atoms with Gasteiger partial charge >= 0.3 is 10.4 Å². The van der Waals surface area contributed by atoms with Crippen LogP contribution in [-0.2, 0) is 14.6 Å². The molecule has 0 amide bonds. The molecule has 20 heavy (non-hydrogen) atoms. The van der Waals surface area contributed by atoms with Crippen LogP contribution in [0, 0.1) is 20.8 Å². The summed E-state index contributed by atoms with van der Waals surface area (Å²) < 4.78 is 30.8. The fourth-order valence-electron chi connectivity index (χ4n) is 2.17. The molecule has 2 rings (SSSR count). The van der Waals surface area contributed by atoms with Crippen LogP contribution in [-0.4, -0.2) is 21.9 Å². The van der Waals surface area contributed by atoms with E-state index >= 15 is 0 Å². The molecule has 0 fully saturated rings. The number of ether oxygens (including phenoxy) is 1. The van der Waals surface area contributed by atoms with Gasteiger partial charge in [0.2, 0.25) is 4.90 Å². The van der Waals surface area contributed by atoms with E-state index in [1.54, 1.807) is 26.2 Å². The molecule has 1 aromatic carbocycles. The van der Waals surface area contributed by atoms with Crippen molar-refractivity contribution < 1.29 is 13.5 Å². The van der Waals surface area contributed by atoms with E-state index < -0.39 is 10.4 Å². The van der Waals surface area contributed by atoms with Crippen molar-refractivity contribution in [3.63, 3.8) is 0 Å². The van der Waals surface area contributed by atoms with Crippen LogP contribution in [0.25, 0.3) is 0 Å². The van der Waals surface area contributed by atoms with Gasteiger partial charge in [-0.3, -0.25) is 5.10 Å². The number of aromatic nitrogens is 2. The van der Waals surface area contributed by atoms with Crippen LogP contribution >= 0.6 is 0 Å². The van der Waals surface area contributed by atoms with Gasteiger partial charge in [0.1, 0.15) is 5.75 Å². The monoisotopic (exact) mass is 296 g/mol. The molecule has 1 aromatic heterocycles. The Morgan fingerprint density at radius 2 is 2.05 bits per heavy atom. The first-order valence-corrected chi connectivity index (χ1v) is 7.57. The molecule has 0 aliphatic carbocycles. The first-order chi connectivity index (χ1) is 9.36. The quantitative estimate of drug-likeness (QED) is 0.757. The van der Waals surface area contributed by atoms with Gasteiger partial charge in [-0.2, -0.15) is 14.4 Å². The Morgan fingerprint density at radius 3 is 2.60 bits per heavy atom. The second-order valence-corrected chi connectivity index (χ2v) is 6.24. The predicted molar refractivity (Wildman–Crippen MR) is 78.4 cm³/mol. The minimum atomic E-state index is -3.42. The van der Waals surface area contributed by atoms with E-state index in [9.17, 15) is 8.76 Å². The van der Waals surface area contributed by atoms with Crippen molar-refractivity contribution in [2.45, 2.75) is 25.7 Å². The molecule has 0 radical (unpaired) electrons. The molecule has 0 saturated heterocycles. The molecule has 1 unspecified atom stereocenters. The third-order valence-electron chi connectivity index (χ3n) is 3.22. The smallest absolute Gasteiger partial charge is 0.348 e. The summed E-state index contributed by atoms with van der Waals surface area (Å²) >= 11 is 0. The van der Waals surface area contributed by atoms with E-state index in [0.717, 1.165) is 11.1 Å². The summed E-state index contributed by atoms with van der Waals surface area (Å²) in [5, 5.41) is 6.36. The van der Waals surface area contributed by atoms with Crippen LogP contribution in [0.15, 0.2) is 23.2 Å². The number of aromatic amines is 1. The van der Waals surface area contributed by atoms with Crippen LogP contribution in [0.4, 0.5) is 5.82 Å². The summed E-state index contributed by atoms with van der Waals surface area (Å²) in [6.45, 7) is 5.46. The second kappa shape index (κ2) is 5.26. The fraction of sp³-hybridized carbons (Fsp3) is 0.308. The van der Waals surface area contributed by atoms with E-state index in [0.29, 0.717) is 22.0 Å². The Balaban J connectivity index is 2.51. The molecule has 108 valence electrons. The van der Waals surface area contributed by atoms with E-state index in [-0.39, 0.29) is 0 Å². The third kappa shape index (κ3) is 2.54. The zero-order chi connectivity index (χ0) is 14.9. The van der Waals surface area contributed by atoms with E-state index in [2.05, 4.69) is 14.9 Å². The topological polar surface area (TPSA) is 87.2 Å². The lowest BCUT2D eigenvalue weighted by Crippen LogP contribution is -2.23. The second-order valence-electron chi connectivity index (χ2n) is 4.57. The van der Waals surface area contributed by atoms with E-state index in [1.165, 1.54) is 6.20 Å². The lowest BCUT2D eigenvalue weighted by atomic mass is 10.1. The van der Waals surface area contributed by atoms with Gasteiger partial charge < -0.3 is 4.74 Å². The van der Waals surface area contributed by atoms with Crippen molar-refractivity contribution in [1.82, 2.24) is 10.2 Å². The van der Waals surface area contributed by atoms with Gasteiger partial charge in [-0.15, -0.1) is 0 Å². The summed E-state index contributed by atoms with van der Waals surface area (Å²) in [5.74, 6) is 1.10. The van der Waals surface area contributed by atoms with Gasteiger partial charge in [0, 0.05) is 17.2 Å². The molecule has 1 atom stereocenters. The summed E-state index contributed by atoms with van der Waals surface area (Å²) in [4.78, 5) is 0.380.